The largest absolute Gasteiger partial charge is 0.462 e. The number of rotatable bonds is 10. The lowest BCUT2D eigenvalue weighted by molar-refractivity contribution is -0.149. The van der Waals surface area contributed by atoms with Gasteiger partial charge in [0.25, 0.3) is 5.56 Å². The molecular weight excluding hydrogens is 477 g/mol. The van der Waals surface area contributed by atoms with Crippen molar-refractivity contribution in [3.63, 3.8) is 0 Å². The van der Waals surface area contributed by atoms with E-state index in [1.54, 1.807) is 32.9 Å². The van der Waals surface area contributed by atoms with Gasteiger partial charge in [-0.15, -0.1) is 0 Å². The molecule has 2 heterocycles. The summed E-state index contributed by atoms with van der Waals surface area (Å²) in [7, 11) is -0.690. The first-order valence-corrected chi connectivity index (χ1v) is 12.4. The van der Waals surface area contributed by atoms with Gasteiger partial charge in [-0.1, -0.05) is 25.1 Å². The molecular formula is C23H34N3O8P. The standard InChI is InChI=1S/C22H30N3O7P.CH4O/c1-14(2)30-21(27)16(4)24-33(32-17-8-6-5-7-9-17)29-13-18-12-15(3)20(31-18)25-11-10-19(26)23-22(25)28;1-2/h5-11,14-16,18,20,24H,12-13H2,1-4H3,(H,23,26,28);2H,1H3/t15-,16-,18-,20+,33?;/m0./s1. The number of nitrogens with one attached hydrogen (secondary N) is 2. The highest BCUT2D eigenvalue weighted by atomic mass is 31.2. The van der Waals surface area contributed by atoms with Crippen LogP contribution in [0.4, 0.5) is 0 Å². The van der Waals surface area contributed by atoms with Gasteiger partial charge in [0.2, 0.25) is 0 Å². The van der Waals surface area contributed by atoms with Gasteiger partial charge < -0.3 is 23.6 Å². The molecule has 0 spiro atoms. The van der Waals surface area contributed by atoms with E-state index in [2.05, 4.69) is 10.1 Å². The molecule has 0 radical (unpaired) electrons. The normalized spacial score (nSPS) is 21.1. The predicted octanol–water partition coefficient (Wildman–Crippen LogP) is 2.32. The van der Waals surface area contributed by atoms with Gasteiger partial charge >= 0.3 is 20.2 Å². The third-order valence-corrected chi connectivity index (χ3v) is 6.25. The molecule has 1 saturated heterocycles. The molecule has 11 nitrogen and oxygen atoms in total. The number of hydrogen-bond donors (Lipinski definition) is 3. The lowest BCUT2D eigenvalue weighted by Crippen LogP contribution is -2.35. The first kappa shape index (κ1) is 28.7. The number of carbonyl (C=O) groups is 1. The minimum Gasteiger partial charge on any atom is -0.462 e. The van der Waals surface area contributed by atoms with E-state index in [9.17, 15) is 14.4 Å². The van der Waals surface area contributed by atoms with Gasteiger partial charge in [0.15, 0.2) is 0 Å². The second-order valence-corrected chi connectivity index (χ2v) is 9.39. The molecule has 0 bridgehead atoms. The maximum atomic E-state index is 12.2. The summed E-state index contributed by atoms with van der Waals surface area (Å²) in [5, 5.41) is 10.1. The zero-order chi connectivity index (χ0) is 26.0. The first-order valence-electron chi connectivity index (χ1n) is 11.3. The van der Waals surface area contributed by atoms with Crippen molar-refractivity contribution in [2.45, 2.75) is 58.6 Å². The van der Waals surface area contributed by atoms with Gasteiger partial charge in [0.1, 0.15) is 18.0 Å². The van der Waals surface area contributed by atoms with Gasteiger partial charge in [-0.25, -0.2) is 9.88 Å². The predicted molar refractivity (Wildman–Crippen MR) is 131 cm³/mol. The fourth-order valence-corrected chi connectivity index (χ4v) is 4.57. The molecule has 1 fully saturated rings. The Kier molecular flexibility index (Phi) is 11.6. The molecule has 1 unspecified atom stereocenters. The summed E-state index contributed by atoms with van der Waals surface area (Å²) in [5.74, 6) is 0.219. The second kappa shape index (κ2) is 14.1. The second-order valence-electron chi connectivity index (χ2n) is 8.17. The molecule has 0 aliphatic carbocycles. The maximum absolute atomic E-state index is 12.2. The average Bonchev–Trinajstić information content (AvgIpc) is 3.19. The first-order chi connectivity index (χ1) is 16.7. The van der Waals surface area contributed by atoms with Gasteiger partial charge in [-0.2, -0.15) is 0 Å². The number of ether oxygens (including phenoxy) is 2. The van der Waals surface area contributed by atoms with Crippen molar-refractivity contribution >= 4 is 14.5 Å². The zero-order valence-corrected chi connectivity index (χ0v) is 21.4. The summed E-state index contributed by atoms with van der Waals surface area (Å²) in [4.78, 5) is 38.0. The van der Waals surface area contributed by atoms with Crippen LogP contribution in [0.2, 0.25) is 0 Å². The van der Waals surface area contributed by atoms with Crippen LogP contribution >= 0.6 is 8.53 Å². The van der Waals surface area contributed by atoms with Crippen molar-refractivity contribution in [2.24, 2.45) is 5.92 Å². The number of H-pyrrole nitrogens is 1. The number of aromatic amines is 1. The summed E-state index contributed by atoms with van der Waals surface area (Å²) in [6.07, 6.45) is 1.03. The van der Waals surface area contributed by atoms with E-state index >= 15 is 0 Å². The lowest BCUT2D eigenvalue weighted by atomic mass is 10.1. The number of aliphatic hydroxyl groups excluding tert-OH is 1. The fraction of sp³-hybridized carbons (Fsp3) is 0.522. The van der Waals surface area contributed by atoms with Crippen molar-refractivity contribution in [1.82, 2.24) is 14.6 Å². The highest BCUT2D eigenvalue weighted by molar-refractivity contribution is 7.45. The number of nitrogens with zero attached hydrogens (tertiary/aromatic N) is 1. The number of hydrogen-bond acceptors (Lipinski definition) is 9. The monoisotopic (exact) mass is 511 g/mol. The minimum absolute atomic E-state index is 0.0244. The molecule has 1 aromatic heterocycles. The molecule has 2 aromatic rings. The molecule has 5 atom stereocenters. The average molecular weight is 512 g/mol. The van der Waals surface area contributed by atoms with Crippen molar-refractivity contribution < 1.29 is 28.4 Å². The molecule has 0 saturated carbocycles. The smallest absolute Gasteiger partial charge is 0.330 e. The number of aromatic nitrogens is 2. The zero-order valence-electron chi connectivity index (χ0n) is 20.5. The topological polar surface area (TPSA) is 141 Å². The van der Waals surface area contributed by atoms with Crippen LogP contribution in [0.5, 0.6) is 5.75 Å². The molecule has 1 aromatic carbocycles. The van der Waals surface area contributed by atoms with Crippen LogP contribution in [0.1, 0.15) is 40.3 Å². The van der Waals surface area contributed by atoms with Crippen LogP contribution in [0.15, 0.2) is 52.2 Å². The summed E-state index contributed by atoms with van der Waals surface area (Å²) >= 11 is 0. The van der Waals surface area contributed by atoms with Gasteiger partial charge in [0.05, 0.1) is 18.8 Å². The summed E-state index contributed by atoms with van der Waals surface area (Å²) in [6, 6.07) is 9.79. The number of aliphatic hydroxyl groups is 1. The third-order valence-electron chi connectivity index (χ3n) is 4.89. The summed E-state index contributed by atoms with van der Waals surface area (Å²) < 4.78 is 24.6. The van der Waals surface area contributed by atoms with Crippen molar-refractivity contribution in [2.75, 3.05) is 13.7 Å². The molecule has 1 aliphatic rings. The third kappa shape index (κ3) is 8.87. The quantitative estimate of drug-likeness (QED) is 0.324. The Hall–Kier alpha value is -2.56. The molecule has 3 rings (SSSR count). The van der Waals surface area contributed by atoms with E-state index in [1.165, 1.54) is 16.8 Å². The Morgan fingerprint density at radius 3 is 2.54 bits per heavy atom. The number of carbonyl (C=O) groups excluding carboxylic acids is 1. The van der Waals surface area contributed by atoms with E-state index in [0.29, 0.717) is 12.2 Å². The molecule has 35 heavy (non-hydrogen) atoms. The van der Waals surface area contributed by atoms with Crippen LogP contribution in [-0.4, -0.2) is 52.6 Å². The van der Waals surface area contributed by atoms with Gasteiger partial charge in [0, 0.05) is 25.3 Å². The van der Waals surface area contributed by atoms with E-state index in [1.807, 2.05) is 25.1 Å². The highest BCUT2D eigenvalue weighted by Gasteiger charge is 2.35. The molecule has 1 aliphatic heterocycles. The SMILES string of the molecule is CC(C)OC(=O)[C@H](C)NP(OC[C@@H]1C[C@H](C)[C@H](n2ccc(=O)[nH]c2=O)O1)Oc1ccccc1.CO. The van der Waals surface area contributed by atoms with Crippen LogP contribution < -0.4 is 20.9 Å². The van der Waals surface area contributed by atoms with Gasteiger partial charge in [-0.05, 0) is 39.3 Å². The van der Waals surface area contributed by atoms with E-state index in [0.717, 1.165) is 7.11 Å². The lowest BCUT2D eigenvalue weighted by Gasteiger charge is -2.23. The Morgan fingerprint density at radius 2 is 1.91 bits per heavy atom. The highest BCUT2D eigenvalue weighted by Crippen LogP contribution is 2.39. The van der Waals surface area contributed by atoms with Gasteiger partial charge in [-0.3, -0.25) is 19.1 Å². The van der Waals surface area contributed by atoms with Crippen LogP contribution in [0, 0.1) is 5.92 Å². The molecule has 3 N–H and O–H groups in total. The summed E-state index contributed by atoms with van der Waals surface area (Å²) in [6.45, 7) is 7.41. The van der Waals surface area contributed by atoms with Crippen LogP contribution in [-0.2, 0) is 18.8 Å². The van der Waals surface area contributed by atoms with Crippen LogP contribution in [0.25, 0.3) is 0 Å². The number of benzene rings is 1. The molecule has 194 valence electrons. The Morgan fingerprint density at radius 1 is 1.23 bits per heavy atom. The van der Waals surface area contributed by atoms with Crippen molar-refractivity contribution in [3.8, 4) is 5.75 Å². The van der Waals surface area contributed by atoms with Crippen molar-refractivity contribution in [3.05, 3.63) is 63.4 Å². The Balaban J connectivity index is 0.00000210. The minimum atomic E-state index is -1.69. The van der Waals surface area contributed by atoms with E-state index < -0.39 is 38.0 Å². The Bertz CT molecular complexity index is 1030. The van der Waals surface area contributed by atoms with Crippen LogP contribution in [0.3, 0.4) is 0 Å². The molecule has 12 heteroatoms. The van der Waals surface area contributed by atoms with E-state index in [-0.39, 0.29) is 24.7 Å². The summed E-state index contributed by atoms with van der Waals surface area (Å²) in [5.41, 5.74) is -0.976. The Labute approximate surface area is 205 Å². The number of esters is 1. The number of para-hydroxylation sites is 1. The van der Waals surface area contributed by atoms with Crippen molar-refractivity contribution in [1.29, 1.82) is 0 Å². The van der Waals surface area contributed by atoms with E-state index in [4.69, 9.17) is 23.6 Å². The molecule has 0 amide bonds. The maximum Gasteiger partial charge on any atom is 0.330 e. The fourth-order valence-electron chi connectivity index (χ4n) is 3.36.